The Morgan fingerprint density at radius 2 is 1.87 bits per heavy atom. The standard InChI is InChI=1S/C22H25F3N2O4/c1-15(2)9-21(16-10-18(13-27-12-16)30-14-29-8-7-28-4)31-17-5-6-20(26-3)19(11-17)22(23,24)25/h5-6,10-13,15,21H,7-9,14H2,1-2,4H3. The highest BCUT2D eigenvalue weighted by molar-refractivity contribution is 5.56. The highest BCUT2D eigenvalue weighted by Gasteiger charge is 2.34. The van der Waals surface area contributed by atoms with Crippen LogP contribution in [0, 0.1) is 12.5 Å². The van der Waals surface area contributed by atoms with Crippen molar-refractivity contribution in [2.45, 2.75) is 32.5 Å². The number of rotatable bonds is 11. The highest BCUT2D eigenvalue weighted by Crippen LogP contribution is 2.40. The number of nitrogens with zero attached hydrogens (tertiary/aromatic N) is 2. The number of aromatic nitrogens is 1. The van der Waals surface area contributed by atoms with Crippen molar-refractivity contribution in [3.8, 4) is 11.5 Å². The van der Waals surface area contributed by atoms with Gasteiger partial charge in [-0.15, -0.1) is 0 Å². The first kappa shape index (κ1) is 24.4. The first-order valence-corrected chi connectivity index (χ1v) is 9.64. The minimum atomic E-state index is -4.65. The molecule has 0 saturated heterocycles. The van der Waals surface area contributed by atoms with Crippen LogP contribution in [0.15, 0.2) is 36.7 Å². The molecule has 6 nitrogen and oxygen atoms in total. The lowest BCUT2D eigenvalue weighted by Crippen LogP contribution is -2.13. The van der Waals surface area contributed by atoms with Crippen molar-refractivity contribution in [1.29, 1.82) is 0 Å². The smallest absolute Gasteiger partial charge is 0.407 e. The molecular weight excluding hydrogens is 413 g/mol. The normalized spacial score (nSPS) is 12.5. The van der Waals surface area contributed by atoms with E-state index in [2.05, 4.69) is 9.83 Å². The van der Waals surface area contributed by atoms with E-state index in [9.17, 15) is 13.2 Å². The Kier molecular flexibility index (Phi) is 9.09. The SMILES string of the molecule is [C-]#[N+]c1ccc(OC(CC(C)C)c2cncc(OCOCCOC)c2)cc1C(F)(F)F. The summed E-state index contributed by atoms with van der Waals surface area (Å²) in [5, 5.41) is 0. The maximum atomic E-state index is 13.3. The van der Waals surface area contributed by atoms with Crippen molar-refractivity contribution in [2.24, 2.45) is 5.92 Å². The Labute approximate surface area is 179 Å². The van der Waals surface area contributed by atoms with E-state index in [-0.39, 0.29) is 18.5 Å². The molecule has 1 atom stereocenters. The van der Waals surface area contributed by atoms with E-state index < -0.39 is 23.5 Å². The van der Waals surface area contributed by atoms with Crippen LogP contribution >= 0.6 is 0 Å². The van der Waals surface area contributed by atoms with Gasteiger partial charge >= 0.3 is 6.18 Å². The van der Waals surface area contributed by atoms with Crippen molar-refractivity contribution in [2.75, 3.05) is 27.1 Å². The molecule has 0 spiro atoms. The Balaban J connectivity index is 2.21. The molecule has 0 radical (unpaired) electrons. The minimum absolute atomic E-state index is 0.0111. The van der Waals surface area contributed by atoms with Crippen LogP contribution in [0.3, 0.4) is 0 Å². The summed E-state index contributed by atoms with van der Waals surface area (Å²) >= 11 is 0. The van der Waals surface area contributed by atoms with E-state index in [1.165, 1.54) is 12.3 Å². The molecule has 0 saturated carbocycles. The zero-order valence-corrected chi connectivity index (χ0v) is 17.6. The van der Waals surface area contributed by atoms with Crippen LogP contribution in [-0.2, 0) is 15.7 Å². The van der Waals surface area contributed by atoms with E-state index in [4.69, 9.17) is 25.5 Å². The topological polar surface area (TPSA) is 54.2 Å². The summed E-state index contributed by atoms with van der Waals surface area (Å²) in [6.07, 6.45) is -1.55. The summed E-state index contributed by atoms with van der Waals surface area (Å²) in [6.45, 7) is 11.8. The monoisotopic (exact) mass is 438 g/mol. The van der Waals surface area contributed by atoms with Crippen LogP contribution in [0.5, 0.6) is 11.5 Å². The molecular formula is C22H25F3N2O4. The van der Waals surface area contributed by atoms with Crippen LogP contribution in [0.1, 0.15) is 37.5 Å². The first-order chi connectivity index (χ1) is 14.7. The molecule has 0 bridgehead atoms. The van der Waals surface area contributed by atoms with E-state index in [0.717, 1.165) is 12.1 Å². The van der Waals surface area contributed by atoms with Gasteiger partial charge in [-0.2, -0.15) is 13.2 Å². The van der Waals surface area contributed by atoms with Crippen molar-refractivity contribution in [1.82, 2.24) is 4.98 Å². The number of hydrogen-bond acceptors (Lipinski definition) is 5. The Hall–Kier alpha value is -2.83. The molecule has 0 aliphatic rings. The Morgan fingerprint density at radius 3 is 2.52 bits per heavy atom. The van der Waals surface area contributed by atoms with Gasteiger partial charge in [-0.1, -0.05) is 19.9 Å². The second kappa shape index (κ2) is 11.5. The summed E-state index contributed by atoms with van der Waals surface area (Å²) in [7, 11) is 1.57. The largest absolute Gasteiger partial charge is 0.486 e. The zero-order chi connectivity index (χ0) is 22.9. The van der Waals surface area contributed by atoms with Gasteiger partial charge < -0.3 is 18.9 Å². The zero-order valence-electron chi connectivity index (χ0n) is 17.6. The molecule has 9 heteroatoms. The lowest BCUT2D eigenvalue weighted by molar-refractivity contribution is -0.137. The number of benzene rings is 1. The van der Waals surface area contributed by atoms with Crippen molar-refractivity contribution in [3.05, 3.63) is 59.2 Å². The van der Waals surface area contributed by atoms with Crippen LogP contribution in [-0.4, -0.2) is 32.1 Å². The molecule has 0 aliphatic heterocycles. The summed E-state index contributed by atoms with van der Waals surface area (Å²) in [4.78, 5) is 7.10. The number of hydrogen-bond donors (Lipinski definition) is 0. The van der Waals surface area contributed by atoms with Gasteiger partial charge in [0.05, 0.1) is 31.5 Å². The Morgan fingerprint density at radius 1 is 1.10 bits per heavy atom. The van der Waals surface area contributed by atoms with Gasteiger partial charge in [0.25, 0.3) is 0 Å². The van der Waals surface area contributed by atoms with Gasteiger partial charge in [-0.25, -0.2) is 4.85 Å². The molecule has 31 heavy (non-hydrogen) atoms. The molecule has 0 N–H and O–H groups in total. The number of alkyl halides is 3. The van der Waals surface area contributed by atoms with Crippen LogP contribution in [0.4, 0.5) is 18.9 Å². The van der Waals surface area contributed by atoms with E-state index >= 15 is 0 Å². The van der Waals surface area contributed by atoms with Gasteiger partial charge in [0.15, 0.2) is 12.5 Å². The minimum Gasteiger partial charge on any atom is -0.486 e. The molecule has 0 amide bonds. The third-order valence-electron chi connectivity index (χ3n) is 4.20. The van der Waals surface area contributed by atoms with Crippen molar-refractivity contribution in [3.63, 3.8) is 0 Å². The molecule has 1 unspecified atom stereocenters. The quantitative estimate of drug-likeness (QED) is 0.252. The van der Waals surface area contributed by atoms with Gasteiger partial charge in [0.1, 0.15) is 17.6 Å². The second-order valence-corrected chi connectivity index (χ2v) is 7.14. The predicted octanol–water partition coefficient (Wildman–Crippen LogP) is 5.82. The van der Waals surface area contributed by atoms with Crippen LogP contribution in [0.25, 0.3) is 4.85 Å². The average Bonchev–Trinajstić information content (AvgIpc) is 2.72. The summed E-state index contributed by atoms with van der Waals surface area (Å²) in [5.41, 5.74) is -0.830. The molecule has 1 aromatic heterocycles. The average molecular weight is 438 g/mol. The van der Waals surface area contributed by atoms with Gasteiger partial charge in [-0.3, -0.25) is 4.98 Å². The molecule has 168 valence electrons. The van der Waals surface area contributed by atoms with Crippen LogP contribution in [0.2, 0.25) is 0 Å². The molecule has 0 fully saturated rings. The lowest BCUT2D eigenvalue weighted by Gasteiger charge is -2.22. The summed E-state index contributed by atoms with van der Waals surface area (Å²) in [6, 6.07) is 5.07. The van der Waals surface area contributed by atoms with E-state index in [1.54, 1.807) is 19.4 Å². The first-order valence-electron chi connectivity index (χ1n) is 9.64. The van der Waals surface area contributed by atoms with Gasteiger partial charge in [-0.05, 0) is 30.5 Å². The van der Waals surface area contributed by atoms with Gasteiger partial charge in [0, 0.05) is 18.9 Å². The predicted molar refractivity (Wildman–Crippen MR) is 108 cm³/mol. The summed E-state index contributed by atoms with van der Waals surface area (Å²) < 4.78 is 61.5. The maximum Gasteiger partial charge on any atom is 0.407 e. The number of methoxy groups -OCH3 is 1. The fourth-order valence-electron chi connectivity index (χ4n) is 2.76. The second-order valence-electron chi connectivity index (χ2n) is 7.14. The Bertz CT molecular complexity index is 882. The molecule has 2 aromatic rings. The fraction of sp³-hybridized carbons (Fsp3) is 0.455. The summed E-state index contributed by atoms with van der Waals surface area (Å²) in [5.74, 6) is 0.683. The van der Waals surface area contributed by atoms with Crippen molar-refractivity contribution >= 4 is 5.69 Å². The molecule has 1 heterocycles. The molecule has 1 aromatic carbocycles. The van der Waals surface area contributed by atoms with Crippen molar-refractivity contribution < 1.29 is 32.1 Å². The van der Waals surface area contributed by atoms with E-state index in [0.29, 0.717) is 30.9 Å². The third kappa shape index (κ3) is 7.74. The molecule has 2 rings (SSSR count). The lowest BCUT2D eigenvalue weighted by atomic mass is 10.0. The number of ether oxygens (including phenoxy) is 4. The third-order valence-corrected chi connectivity index (χ3v) is 4.20. The number of halogens is 3. The van der Waals surface area contributed by atoms with Crippen LogP contribution < -0.4 is 9.47 Å². The highest BCUT2D eigenvalue weighted by atomic mass is 19.4. The van der Waals surface area contributed by atoms with Gasteiger partial charge in [0.2, 0.25) is 0 Å². The van der Waals surface area contributed by atoms with E-state index in [1.807, 2.05) is 13.8 Å². The number of pyridine rings is 1. The maximum absolute atomic E-state index is 13.3. The fourth-order valence-corrected chi connectivity index (χ4v) is 2.76. The molecule has 0 aliphatic carbocycles.